The summed E-state index contributed by atoms with van der Waals surface area (Å²) in [5, 5.41) is 4.11. The Morgan fingerprint density at radius 3 is 2.40 bits per heavy atom. The van der Waals surface area contributed by atoms with E-state index in [1.165, 1.54) is 5.56 Å². The van der Waals surface area contributed by atoms with Crippen molar-refractivity contribution >= 4 is 12.8 Å². The van der Waals surface area contributed by atoms with Gasteiger partial charge in [-0.25, -0.2) is 4.09 Å². The van der Waals surface area contributed by atoms with Crippen LogP contribution in [-0.4, -0.2) is 9.19 Å². The van der Waals surface area contributed by atoms with Gasteiger partial charge in [-0.05, 0) is 31.2 Å². The maximum Gasteiger partial charge on any atom is 0.0638 e. The van der Waals surface area contributed by atoms with E-state index >= 15 is 0 Å². The van der Waals surface area contributed by atoms with E-state index in [2.05, 4.69) is 31.8 Å². The molecule has 0 amide bonds. The van der Waals surface area contributed by atoms with Gasteiger partial charge in [-0.3, -0.25) is 0 Å². The smallest absolute Gasteiger partial charge is 0.0638 e. The van der Waals surface area contributed by atoms with E-state index in [-0.39, 0.29) is 0 Å². The molecule has 1 rings (SSSR count). The van der Waals surface area contributed by atoms with Gasteiger partial charge in [0.15, 0.2) is 0 Å². The molecule has 10 heavy (non-hydrogen) atoms. The second-order valence-electron chi connectivity index (χ2n) is 2.74. The van der Waals surface area contributed by atoms with Crippen molar-refractivity contribution in [2.75, 3.05) is 0 Å². The van der Waals surface area contributed by atoms with Crippen LogP contribution < -0.4 is 0 Å². The van der Waals surface area contributed by atoms with Gasteiger partial charge in [-0.1, -0.05) is 13.8 Å². The molecule has 0 aromatic carbocycles. The molecule has 0 radical (unpaired) electrons. The Kier molecular flexibility index (Phi) is 2.04. The third kappa shape index (κ3) is 1.34. The zero-order valence-corrected chi connectivity index (χ0v) is 7.39. The zero-order chi connectivity index (χ0) is 7.72. The highest BCUT2D eigenvalue weighted by Gasteiger charge is 2.05. The van der Waals surface area contributed by atoms with E-state index in [9.17, 15) is 0 Å². The molecule has 0 N–H and O–H groups in total. The Morgan fingerprint density at radius 2 is 2.20 bits per heavy atom. The molecule has 0 atom stereocenters. The molecule has 2 nitrogen and oxygen atoms in total. The molecular formula is C7H12N2S. The van der Waals surface area contributed by atoms with E-state index in [0.717, 1.165) is 5.69 Å². The fourth-order valence-electron chi connectivity index (χ4n) is 1.02. The molecule has 1 heterocycles. The first-order valence-corrected chi connectivity index (χ1v) is 3.76. The van der Waals surface area contributed by atoms with Crippen molar-refractivity contribution < 1.29 is 0 Å². The third-order valence-electron chi connectivity index (χ3n) is 1.55. The van der Waals surface area contributed by atoms with Gasteiger partial charge >= 0.3 is 0 Å². The Hall–Kier alpha value is -0.440. The van der Waals surface area contributed by atoms with Gasteiger partial charge in [-0.15, -0.1) is 0 Å². The van der Waals surface area contributed by atoms with E-state index in [1.54, 1.807) is 4.09 Å². The fourth-order valence-corrected chi connectivity index (χ4v) is 1.28. The first-order chi connectivity index (χ1) is 4.61. The molecule has 0 unspecified atom stereocenters. The number of nitrogens with zero attached hydrogens (tertiary/aromatic N) is 2. The first kappa shape index (κ1) is 7.66. The molecule has 3 heteroatoms. The predicted molar refractivity (Wildman–Crippen MR) is 45.4 cm³/mol. The van der Waals surface area contributed by atoms with Crippen LogP contribution >= 0.6 is 12.8 Å². The van der Waals surface area contributed by atoms with Crippen LogP contribution in [-0.2, 0) is 0 Å². The number of aromatic nitrogens is 2. The lowest BCUT2D eigenvalue weighted by Crippen LogP contribution is -1.86. The van der Waals surface area contributed by atoms with Gasteiger partial charge in [-0.2, -0.15) is 5.10 Å². The topological polar surface area (TPSA) is 17.8 Å². The summed E-state index contributed by atoms with van der Waals surface area (Å²) in [6, 6.07) is 0. The minimum atomic E-state index is 0.542. The Morgan fingerprint density at radius 1 is 1.60 bits per heavy atom. The van der Waals surface area contributed by atoms with Crippen molar-refractivity contribution in [2.24, 2.45) is 0 Å². The first-order valence-electron chi connectivity index (χ1n) is 3.36. The lowest BCUT2D eigenvalue weighted by Gasteiger charge is -1.99. The molecular weight excluding hydrogens is 144 g/mol. The molecule has 0 saturated heterocycles. The van der Waals surface area contributed by atoms with Crippen LogP contribution in [0.2, 0.25) is 0 Å². The van der Waals surface area contributed by atoms with Gasteiger partial charge in [0.05, 0.1) is 5.69 Å². The third-order valence-corrected chi connectivity index (χ3v) is 1.75. The van der Waals surface area contributed by atoms with E-state index in [0.29, 0.717) is 5.92 Å². The van der Waals surface area contributed by atoms with Crippen molar-refractivity contribution in [3.63, 3.8) is 0 Å². The predicted octanol–water partition coefficient (Wildman–Crippen LogP) is 2.01. The monoisotopic (exact) mass is 156 g/mol. The van der Waals surface area contributed by atoms with Gasteiger partial charge in [0.2, 0.25) is 0 Å². The van der Waals surface area contributed by atoms with Crippen LogP contribution in [0.15, 0.2) is 6.20 Å². The maximum absolute atomic E-state index is 4.11. The minimum Gasteiger partial charge on any atom is -0.217 e. The summed E-state index contributed by atoms with van der Waals surface area (Å²) in [5.74, 6) is 0.542. The normalized spacial score (nSPS) is 10.9. The number of hydrogen-bond donors (Lipinski definition) is 1. The largest absolute Gasteiger partial charge is 0.217 e. The van der Waals surface area contributed by atoms with E-state index in [1.807, 2.05) is 13.1 Å². The minimum absolute atomic E-state index is 0.542. The van der Waals surface area contributed by atoms with Crippen LogP contribution in [0.4, 0.5) is 0 Å². The average molecular weight is 156 g/mol. The van der Waals surface area contributed by atoms with Crippen LogP contribution in [0.5, 0.6) is 0 Å². The van der Waals surface area contributed by atoms with E-state index in [4.69, 9.17) is 0 Å². The van der Waals surface area contributed by atoms with Crippen molar-refractivity contribution in [2.45, 2.75) is 26.7 Å². The van der Waals surface area contributed by atoms with Crippen molar-refractivity contribution in [3.8, 4) is 0 Å². The Bertz CT molecular complexity index is 228. The molecule has 0 bridgehead atoms. The molecule has 0 aliphatic carbocycles. The summed E-state index contributed by atoms with van der Waals surface area (Å²) in [6.07, 6.45) is 1.95. The summed E-state index contributed by atoms with van der Waals surface area (Å²) in [6.45, 7) is 6.30. The van der Waals surface area contributed by atoms with Crippen molar-refractivity contribution in [1.82, 2.24) is 9.19 Å². The summed E-state index contributed by atoms with van der Waals surface area (Å²) >= 11 is 4.08. The highest BCUT2D eigenvalue weighted by atomic mass is 32.1. The molecule has 1 aromatic rings. The number of rotatable bonds is 1. The Balaban J connectivity index is 3.03. The van der Waals surface area contributed by atoms with Crippen LogP contribution in [0.1, 0.15) is 31.0 Å². The van der Waals surface area contributed by atoms with Crippen LogP contribution in [0, 0.1) is 6.92 Å². The summed E-state index contributed by atoms with van der Waals surface area (Å²) in [7, 11) is 0. The highest BCUT2D eigenvalue weighted by Crippen LogP contribution is 2.17. The summed E-state index contributed by atoms with van der Waals surface area (Å²) < 4.78 is 1.56. The van der Waals surface area contributed by atoms with Crippen molar-refractivity contribution in [1.29, 1.82) is 0 Å². The Labute approximate surface area is 66.8 Å². The van der Waals surface area contributed by atoms with Crippen molar-refractivity contribution in [3.05, 3.63) is 17.5 Å². The molecule has 1 aromatic heterocycles. The SMILES string of the molecule is Cc1nn(S)cc1C(C)C. The molecule has 0 saturated carbocycles. The average Bonchev–Trinajstić information content (AvgIpc) is 2.10. The van der Waals surface area contributed by atoms with Gasteiger partial charge < -0.3 is 0 Å². The number of thiol groups is 1. The van der Waals surface area contributed by atoms with E-state index < -0.39 is 0 Å². The quantitative estimate of drug-likeness (QED) is 0.616. The lowest BCUT2D eigenvalue weighted by molar-refractivity contribution is 0.857. The molecule has 0 spiro atoms. The molecule has 0 aliphatic rings. The second kappa shape index (κ2) is 2.66. The standard InChI is InChI=1S/C7H12N2S/c1-5(2)7-4-9(10)8-6(7)3/h4-5,10H,1-3H3. The second-order valence-corrected chi connectivity index (χ2v) is 3.15. The summed E-state index contributed by atoms with van der Waals surface area (Å²) in [4.78, 5) is 0. The van der Waals surface area contributed by atoms with Crippen LogP contribution in [0.25, 0.3) is 0 Å². The fraction of sp³-hybridized carbons (Fsp3) is 0.571. The van der Waals surface area contributed by atoms with Gasteiger partial charge in [0.1, 0.15) is 0 Å². The zero-order valence-electron chi connectivity index (χ0n) is 6.50. The maximum atomic E-state index is 4.11. The molecule has 0 aliphatic heterocycles. The molecule has 0 fully saturated rings. The number of aryl methyl sites for hydroxylation is 1. The molecule has 56 valence electrons. The van der Waals surface area contributed by atoms with Gasteiger partial charge in [0.25, 0.3) is 0 Å². The van der Waals surface area contributed by atoms with Gasteiger partial charge in [0, 0.05) is 6.20 Å². The highest BCUT2D eigenvalue weighted by molar-refractivity contribution is 7.78. The summed E-state index contributed by atoms with van der Waals surface area (Å²) in [5.41, 5.74) is 2.35. The lowest BCUT2D eigenvalue weighted by atomic mass is 10.1. The van der Waals surface area contributed by atoms with Crippen LogP contribution in [0.3, 0.4) is 0 Å². The number of hydrogen-bond acceptors (Lipinski definition) is 2.